The van der Waals surface area contributed by atoms with Crippen LogP contribution in [0.25, 0.3) is 5.57 Å². The van der Waals surface area contributed by atoms with E-state index in [1.807, 2.05) is 6.07 Å². The number of hydrogen-bond donors (Lipinski definition) is 3. The molecule has 182 valence electrons. The number of thiophene rings is 1. The van der Waals surface area contributed by atoms with Crippen LogP contribution in [0.2, 0.25) is 0 Å². The van der Waals surface area contributed by atoms with E-state index >= 15 is 0 Å². The first kappa shape index (κ1) is 24.3. The minimum absolute atomic E-state index is 0.305. The third-order valence-electron chi connectivity index (χ3n) is 6.53. The second-order valence-corrected chi connectivity index (χ2v) is 9.85. The standard InChI is InChI=1S/C26H33N3O4S/c1-4-33-25(30)23-20-7-5-6-8-22(20)34-24(23)29-26(31)28-14-21(17(3)18-10-12-32-15-18)19-9-11-27-13-16(19)2/h10,12,15,27H,4-9,11,13-14H2,1-3H3,(H2,28,29,31)/b21-17+. The van der Waals surface area contributed by atoms with Crippen molar-refractivity contribution >= 4 is 33.9 Å². The number of fused-ring (bicyclic) bond motifs is 1. The number of nitrogens with one attached hydrogen (secondary N) is 3. The first-order valence-corrected chi connectivity index (χ1v) is 12.8. The maximum absolute atomic E-state index is 13.0. The molecule has 0 saturated heterocycles. The highest BCUT2D eigenvalue weighted by Crippen LogP contribution is 2.38. The number of amides is 2. The molecule has 1 aliphatic carbocycles. The molecular formula is C26H33N3O4S. The van der Waals surface area contributed by atoms with Crippen LogP contribution in [0.5, 0.6) is 0 Å². The zero-order valence-electron chi connectivity index (χ0n) is 20.1. The fourth-order valence-corrected chi connectivity index (χ4v) is 6.00. The van der Waals surface area contributed by atoms with E-state index in [9.17, 15) is 9.59 Å². The summed E-state index contributed by atoms with van der Waals surface area (Å²) >= 11 is 1.50. The van der Waals surface area contributed by atoms with Crippen molar-refractivity contribution in [3.05, 3.63) is 56.9 Å². The van der Waals surface area contributed by atoms with E-state index in [1.165, 1.54) is 27.4 Å². The smallest absolute Gasteiger partial charge is 0.341 e. The van der Waals surface area contributed by atoms with E-state index in [2.05, 4.69) is 29.8 Å². The first-order valence-electron chi connectivity index (χ1n) is 12.0. The summed E-state index contributed by atoms with van der Waals surface area (Å²) in [5.74, 6) is -0.357. The van der Waals surface area contributed by atoms with Gasteiger partial charge in [0.1, 0.15) is 5.00 Å². The van der Waals surface area contributed by atoms with Crippen LogP contribution < -0.4 is 16.0 Å². The fourth-order valence-electron chi connectivity index (χ4n) is 4.72. The van der Waals surface area contributed by atoms with Gasteiger partial charge in [-0.2, -0.15) is 0 Å². The monoisotopic (exact) mass is 483 g/mol. The van der Waals surface area contributed by atoms with Gasteiger partial charge in [0.15, 0.2) is 0 Å². The Morgan fingerprint density at radius 2 is 2.06 bits per heavy atom. The van der Waals surface area contributed by atoms with Crippen LogP contribution >= 0.6 is 11.3 Å². The molecule has 2 aromatic heterocycles. The molecule has 3 heterocycles. The van der Waals surface area contributed by atoms with E-state index in [0.29, 0.717) is 23.7 Å². The van der Waals surface area contributed by atoms with Crippen LogP contribution in [0.15, 0.2) is 39.7 Å². The third-order valence-corrected chi connectivity index (χ3v) is 7.74. The Kier molecular flexibility index (Phi) is 7.90. The van der Waals surface area contributed by atoms with Crippen molar-refractivity contribution < 1.29 is 18.7 Å². The topological polar surface area (TPSA) is 92.6 Å². The summed E-state index contributed by atoms with van der Waals surface area (Å²) in [4.78, 5) is 26.9. The van der Waals surface area contributed by atoms with E-state index in [-0.39, 0.29) is 12.0 Å². The zero-order valence-corrected chi connectivity index (χ0v) is 21.0. The largest absolute Gasteiger partial charge is 0.472 e. The number of aryl methyl sites for hydroxylation is 1. The van der Waals surface area contributed by atoms with Crippen LogP contribution in [-0.2, 0) is 17.6 Å². The molecule has 0 radical (unpaired) electrons. The molecule has 8 heteroatoms. The number of urea groups is 1. The Morgan fingerprint density at radius 1 is 1.24 bits per heavy atom. The molecule has 2 aliphatic rings. The summed E-state index contributed by atoms with van der Waals surface area (Å²) in [5, 5.41) is 9.96. The molecule has 0 saturated carbocycles. The molecule has 2 aromatic rings. The Hall–Kier alpha value is -2.84. The molecule has 3 N–H and O–H groups in total. The predicted molar refractivity (Wildman–Crippen MR) is 135 cm³/mol. The van der Waals surface area contributed by atoms with Crippen molar-refractivity contribution in [2.45, 2.75) is 52.9 Å². The van der Waals surface area contributed by atoms with Crippen molar-refractivity contribution in [3.8, 4) is 0 Å². The van der Waals surface area contributed by atoms with Gasteiger partial charge in [-0.25, -0.2) is 9.59 Å². The van der Waals surface area contributed by atoms with Crippen molar-refractivity contribution in [2.75, 3.05) is 31.6 Å². The Bertz CT molecular complexity index is 1110. The first-order chi connectivity index (χ1) is 16.5. The third kappa shape index (κ3) is 5.28. The van der Waals surface area contributed by atoms with E-state index in [1.54, 1.807) is 19.5 Å². The van der Waals surface area contributed by atoms with Crippen LogP contribution in [-0.4, -0.2) is 38.2 Å². The number of carbonyl (C=O) groups excluding carboxylic acids is 2. The van der Waals surface area contributed by atoms with Crippen LogP contribution in [0, 0.1) is 0 Å². The molecule has 0 spiro atoms. The van der Waals surface area contributed by atoms with Crippen LogP contribution in [0.3, 0.4) is 0 Å². The molecule has 2 amide bonds. The number of hydrogen-bond acceptors (Lipinski definition) is 6. The van der Waals surface area contributed by atoms with Crippen molar-refractivity contribution in [1.82, 2.24) is 10.6 Å². The van der Waals surface area contributed by atoms with Gasteiger partial charge >= 0.3 is 12.0 Å². The number of esters is 1. The maximum atomic E-state index is 13.0. The molecule has 34 heavy (non-hydrogen) atoms. The lowest BCUT2D eigenvalue weighted by molar-refractivity contribution is 0.0526. The zero-order chi connectivity index (χ0) is 24.1. The SMILES string of the molecule is CCOC(=O)c1c(NC(=O)NC/C(C2=C(C)CNCC2)=C(/C)c2ccoc2)sc2c1CCCC2. The molecule has 4 rings (SSSR count). The normalized spacial score (nSPS) is 16.6. The molecule has 1 aliphatic heterocycles. The van der Waals surface area contributed by atoms with Gasteiger partial charge in [-0.1, -0.05) is 5.57 Å². The minimum Gasteiger partial charge on any atom is -0.472 e. The number of furan rings is 1. The number of rotatable bonds is 7. The van der Waals surface area contributed by atoms with Gasteiger partial charge in [0.05, 0.1) is 24.7 Å². The number of allylic oxidation sites excluding steroid dienone is 1. The van der Waals surface area contributed by atoms with Crippen molar-refractivity contribution in [1.29, 1.82) is 0 Å². The lowest BCUT2D eigenvalue weighted by Crippen LogP contribution is -2.33. The second-order valence-electron chi connectivity index (χ2n) is 8.74. The Labute approximate surface area is 204 Å². The molecule has 7 nitrogen and oxygen atoms in total. The van der Waals surface area contributed by atoms with Gasteiger partial charge in [0, 0.05) is 23.5 Å². The molecule has 0 fully saturated rings. The number of ether oxygens (including phenoxy) is 1. The lowest BCUT2D eigenvalue weighted by Gasteiger charge is -2.23. The number of carbonyl (C=O) groups is 2. The predicted octanol–water partition coefficient (Wildman–Crippen LogP) is 5.30. The van der Waals surface area contributed by atoms with Gasteiger partial charge in [0.25, 0.3) is 0 Å². The van der Waals surface area contributed by atoms with E-state index in [4.69, 9.17) is 9.15 Å². The van der Waals surface area contributed by atoms with Gasteiger partial charge in [-0.05, 0) is 87.8 Å². The summed E-state index contributed by atoms with van der Waals surface area (Å²) in [6.45, 7) is 8.43. The highest BCUT2D eigenvalue weighted by atomic mass is 32.1. The fraction of sp³-hybridized carbons (Fsp3) is 0.462. The molecule has 0 atom stereocenters. The molecule has 0 unspecified atom stereocenters. The molecule has 0 bridgehead atoms. The van der Waals surface area contributed by atoms with Crippen LogP contribution in [0.4, 0.5) is 9.80 Å². The summed E-state index contributed by atoms with van der Waals surface area (Å²) in [6.07, 6.45) is 8.24. The molecular weight excluding hydrogens is 450 g/mol. The second kappa shape index (κ2) is 11.1. The minimum atomic E-state index is -0.357. The van der Waals surface area contributed by atoms with Gasteiger partial charge < -0.3 is 19.8 Å². The Morgan fingerprint density at radius 3 is 2.79 bits per heavy atom. The summed E-state index contributed by atoms with van der Waals surface area (Å²) in [6, 6.07) is 1.61. The summed E-state index contributed by atoms with van der Waals surface area (Å²) in [7, 11) is 0. The van der Waals surface area contributed by atoms with Crippen molar-refractivity contribution in [3.63, 3.8) is 0 Å². The maximum Gasteiger partial charge on any atom is 0.341 e. The summed E-state index contributed by atoms with van der Waals surface area (Å²) < 4.78 is 10.6. The van der Waals surface area contributed by atoms with E-state index in [0.717, 1.165) is 67.5 Å². The highest BCUT2D eigenvalue weighted by molar-refractivity contribution is 7.17. The average Bonchev–Trinajstić information content (AvgIpc) is 3.48. The lowest BCUT2D eigenvalue weighted by atomic mass is 9.90. The number of anilines is 1. The van der Waals surface area contributed by atoms with Gasteiger partial charge in [-0.3, -0.25) is 5.32 Å². The molecule has 0 aromatic carbocycles. The van der Waals surface area contributed by atoms with Crippen LogP contribution in [0.1, 0.15) is 66.4 Å². The van der Waals surface area contributed by atoms with Gasteiger partial charge in [-0.15, -0.1) is 11.3 Å². The van der Waals surface area contributed by atoms with Gasteiger partial charge in [0.2, 0.25) is 0 Å². The summed E-state index contributed by atoms with van der Waals surface area (Å²) in [5.41, 5.74) is 7.32. The Balaban J connectivity index is 1.55. The van der Waals surface area contributed by atoms with Crippen molar-refractivity contribution in [2.24, 2.45) is 0 Å². The quantitative estimate of drug-likeness (QED) is 0.465. The van der Waals surface area contributed by atoms with E-state index < -0.39 is 0 Å². The highest BCUT2D eigenvalue weighted by Gasteiger charge is 2.27. The average molecular weight is 484 g/mol.